The molecule has 3 atom stereocenters. The van der Waals surface area contributed by atoms with E-state index < -0.39 is 5.82 Å². The maximum atomic E-state index is 13.7. The molecule has 0 spiro atoms. The van der Waals surface area contributed by atoms with Crippen molar-refractivity contribution in [3.05, 3.63) is 28.5 Å². The summed E-state index contributed by atoms with van der Waals surface area (Å²) in [5, 5.41) is 2.66. The van der Waals surface area contributed by atoms with Crippen LogP contribution in [0.5, 0.6) is 0 Å². The molecule has 1 saturated heterocycles. The zero-order valence-corrected chi connectivity index (χ0v) is 13.5. The largest absolute Gasteiger partial charge is 0.327 e. The van der Waals surface area contributed by atoms with Crippen molar-refractivity contribution in [3.63, 3.8) is 0 Å². The van der Waals surface area contributed by atoms with E-state index in [-0.39, 0.29) is 11.6 Å². The van der Waals surface area contributed by atoms with Crippen LogP contribution in [0.25, 0.3) is 0 Å². The van der Waals surface area contributed by atoms with Gasteiger partial charge in [-0.15, -0.1) is 0 Å². The third-order valence-electron chi connectivity index (χ3n) is 3.69. The van der Waals surface area contributed by atoms with Crippen LogP contribution >= 0.6 is 15.9 Å². The van der Waals surface area contributed by atoms with Gasteiger partial charge in [-0.25, -0.2) is 4.39 Å². The molecule has 0 bridgehead atoms. The second-order valence-electron chi connectivity index (χ2n) is 5.95. The fourth-order valence-corrected chi connectivity index (χ4v) is 3.41. The molecule has 3 nitrogen and oxygen atoms in total. The highest BCUT2D eigenvalue weighted by Crippen LogP contribution is 2.19. The number of carbonyl (C=O) groups is 1. The van der Waals surface area contributed by atoms with E-state index in [1.165, 1.54) is 17.4 Å². The zero-order valence-electron chi connectivity index (χ0n) is 11.9. The number of amides is 1. The summed E-state index contributed by atoms with van der Waals surface area (Å²) in [5.74, 6) is 0.752. The Morgan fingerprint density at radius 1 is 1.40 bits per heavy atom. The molecule has 0 aliphatic carbocycles. The minimum atomic E-state index is -0.414. The number of benzene rings is 1. The lowest BCUT2D eigenvalue weighted by molar-refractivity contribution is -0.904. The number of likely N-dealkylation sites (tertiary alicyclic amines) is 1. The summed E-state index contributed by atoms with van der Waals surface area (Å²) in [6, 6.07) is 4.65. The SMILES string of the molecule is C[C@@H]1C[C@H](C)C[NH+](CC(=O)Nc2ccc(Br)cc2F)C1. The zero-order chi connectivity index (χ0) is 14.7. The van der Waals surface area contributed by atoms with Gasteiger partial charge in [0.25, 0.3) is 5.91 Å². The summed E-state index contributed by atoms with van der Waals surface area (Å²) in [6.07, 6.45) is 1.23. The number of nitrogens with one attached hydrogen (secondary N) is 2. The number of hydrogen-bond donors (Lipinski definition) is 2. The van der Waals surface area contributed by atoms with Gasteiger partial charge in [-0.3, -0.25) is 4.79 Å². The number of halogens is 2. The Morgan fingerprint density at radius 3 is 2.65 bits per heavy atom. The Kier molecular flexibility index (Phi) is 5.16. The number of piperidine rings is 1. The molecular weight excluding hydrogens is 323 g/mol. The van der Waals surface area contributed by atoms with Gasteiger partial charge in [0, 0.05) is 16.3 Å². The quantitative estimate of drug-likeness (QED) is 0.865. The molecule has 1 fully saturated rings. The van der Waals surface area contributed by atoms with E-state index in [1.54, 1.807) is 12.1 Å². The van der Waals surface area contributed by atoms with Gasteiger partial charge in [-0.05, 0) is 24.6 Å². The predicted molar refractivity (Wildman–Crippen MR) is 81.2 cm³/mol. The highest BCUT2D eigenvalue weighted by molar-refractivity contribution is 9.10. The molecule has 0 aromatic heterocycles. The van der Waals surface area contributed by atoms with Crippen molar-refractivity contribution in [2.24, 2.45) is 11.8 Å². The van der Waals surface area contributed by atoms with Crippen LogP contribution in [0.3, 0.4) is 0 Å². The summed E-state index contributed by atoms with van der Waals surface area (Å²) in [7, 11) is 0. The van der Waals surface area contributed by atoms with Gasteiger partial charge < -0.3 is 10.2 Å². The highest BCUT2D eigenvalue weighted by Gasteiger charge is 2.26. The first kappa shape index (κ1) is 15.4. The summed E-state index contributed by atoms with van der Waals surface area (Å²) in [5.41, 5.74) is 0.246. The van der Waals surface area contributed by atoms with Gasteiger partial charge in [-0.1, -0.05) is 29.8 Å². The van der Waals surface area contributed by atoms with Gasteiger partial charge >= 0.3 is 0 Å². The van der Waals surface area contributed by atoms with Crippen molar-refractivity contribution in [1.82, 2.24) is 0 Å². The van der Waals surface area contributed by atoms with E-state index in [4.69, 9.17) is 0 Å². The van der Waals surface area contributed by atoms with E-state index in [9.17, 15) is 9.18 Å². The van der Waals surface area contributed by atoms with Crippen LogP contribution in [0.2, 0.25) is 0 Å². The Hall–Kier alpha value is -0.940. The Labute approximate surface area is 127 Å². The van der Waals surface area contributed by atoms with E-state index in [2.05, 4.69) is 35.1 Å². The Bertz CT molecular complexity index is 485. The van der Waals surface area contributed by atoms with Gasteiger partial charge in [-0.2, -0.15) is 0 Å². The molecule has 1 unspecified atom stereocenters. The van der Waals surface area contributed by atoms with E-state index >= 15 is 0 Å². The van der Waals surface area contributed by atoms with Crippen molar-refractivity contribution >= 4 is 27.5 Å². The highest BCUT2D eigenvalue weighted by atomic mass is 79.9. The van der Waals surface area contributed by atoms with Crippen molar-refractivity contribution in [1.29, 1.82) is 0 Å². The summed E-state index contributed by atoms with van der Waals surface area (Å²) >= 11 is 3.20. The van der Waals surface area contributed by atoms with Crippen LogP contribution in [0, 0.1) is 17.7 Å². The summed E-state index contributed by atoms with van der Waals surface area (Å²) in [6.45, 7) is 6.88. The van der Waals surface area contributed by atoms with Gasteiger partial charge in [0.15, 0.2) is 6.54 Å². The van der Waals surface area contributed by atoms with E-state index in [0.717, 1.165) is 13.1 Å². The molecule has 1 amide bonds. The molecule has 110 valence electrons. The molecule has 2 N–H and O–H groups in total. The van der Waals surface area contributed by atoms with Crippen LogP contribution in [0.1, 0.15) is 20.3 Å². The maximum absolute atomic E-state index is 13.7. The molecule has 1 aromatic carbocycles. The number of hydrogen-bond acceptors (Lipinski definition) is 1. The molecule has 0 radical (unpaired) electrons. The van der Waals surface area contributed by atoms with E-state index in [0.29, 0.717) is 22.9 Å². The number of rotatable bonds is 3. The minimum Gasteiger partial charge on any atom is -0.327 e. The lowest BCUT2D eigenvalue weighted by Gasteiger charge is -2.31. The summed E-state index contributed by atoms with van der Waals surface area (Å²) in [4.78, 5) is 13.3. The smallest absolute Gasteiger partial charge is 0.279 e. The average molecular weight is 344 g/mol. The van der Waals surface area contributed by atoms with Crippen molar-refractivity contribution in [2.45, 2.75) is 20.3 Å². The molecular formula is C15H21BrFN2O+. The standard InChI is InChI=1S/C15H20BrFN2O/c1-10-5-11(2)8-19(7-10)9-15(20)18-14-4-3-12(16)6-13(14)17/h3-4,6,10-11H,5,7-9H2,1-2H3,(H,18,20)/p+1/t10-,11+. The first-order valence-electron chi connectivity index (χ1n) is 7.02. The molecule has 20 heavy (non-hydrogen) atoms. The molecule has 1 heterocycles. The van der Waals surface area contributed by atoms with Crippen LogP contribution in [-0.2, 0) is 4.79 Å². The molecule has 1 aliphatic heterocycles. The molecule has 0 saturated carbocycles. The first-order chi connectivity index (χ1) is 9.44. The number of anilines is 1. The molecule has 1 aromatic rings. The van der Waals surface area contributed by atoms with Gasteiger partial charge in [0.05, 0.1) is 18.8 Å². The van der Waals surface area contributed by atoms with Crippen molar-refractivity contribution in [3.8, 4) is 0 Å². The number of quaternary nitrogens is 1. The molecule has 2 rings (SSSR count). The maximum Gasteiger partial charge on any atom is 0.279 e. The monoisotopic (exact) mass is 343 g/mol. The predicted octanol–water partition coefficient (Wildman–Crippen LogP) is 2.09. The third kappa shape index (κ3) is 4.28. The van der Waals surface area contributed by atoms with Gasteiger partial charge in [0.1, 0.15) is 5.82 Å². The van der Waals surface area contributed by atoms with Crippen LogP contribution < -0.4 is 10.2 Å². The lowest BCUT2D eigenvalue weighted by atomic mass is 9.92. The molecule has 5 heteroatoms. The second kappa shape index (κ2) is 6.68. The Morgan fingerprint density at radius 2 is 2.05 bits per heavy atom. The van der Waals surface area contributed by atoms with Crippen molar-refractivity contribution in [2.75, 3.05) is 25.0 Å². The van der Waals surface area contributed by atoms with Gasteiger partial charge in [0.2, 0.25) is 0 Å². The molecule has 1 aliphatic rings. The lowest BCUT2D eigenvalue weighted by Crippen LogP contribution is -3.15. The fraction of sp³-hybridized carbons (Fsp3) is 0.533. The topological polar surface area (TPSA) is 33.5 Å². The normalized spacial score (nSPS) is 26.3. The number of carbonyl (C=O) groups excluding carboxylic acids is 1. The van der Waals surface area contributed by atoms with Crippen LogP contribution in [0.4, 0.5) is 10.1 Å². The van der Waals surface area contributed by atoms with Crippen molar-refractivity contribution < 1.29 is 14.1 Å². The third-order valence-corrected chi connectivity index (χ3v) is 4.19. The average Bonchev–Trinajstić information content (AvgIpc) is 2.31. The fourth-order valence-electron chi connectivity index (χ4n) is 3.08. The summed E-state index contributed by atoms with van der Waals surface area (Å²) < 4.78 is 14.3. The second-order valence-corrected chi connectivity index (χ2v) is 6.87. The van der Waals surface area contributed by atoms with Crippen LogP contribution in [-0.4, -0.2) is 25.5 Å². The van der Waals surface area contributed by atoms with E-state index in [1.807, 2.05) is 0 Å². The van der Waals surface area contributed by atoms with Crippen LogP contribution in [0.15, 0.2) is 22.7 Å². The Balaban J connectivity index is 1.92. The first-order valence-corrected chi connectivity index (χ1v) is 7.82. The minimum absolute atomic E-state index is 0.123.